The lowest BCUT2D eigenvalue weighted by atomic mass is 10.0. The summed E-state index contributed by atoms with van der Waals surface area (Å²) in [5, 5.41) is 6.41. The van der Waals surface area contributed by atoms with Gasteiger partial charge in [-0.25, -0.2) is 4.79 Å². The first-order valence-electron chi connectivity index (χ1n) is 13.5. The fourth-order valence-corrected chi connectivity index (χ4v) is 4.16. The van der Waals surface area contributed by atoms with Gasteiger partial charge in [-0.3, -0.25) is 9.69 Å². The van der Waals surface area contributed by atoms with Crippen LogP contribution in [0.5, 0.6) is 0 Å². The third-order valence-corrected chi connectivity index (χ3v) is 6.55. The number of unbranched alkanes of at least 4 members (excludes halogenated alkanes) is 1. The molecule has 1 unspecified atom stereocenters. The zero-order valence-corrected chi connectivity index (χ0v) is 23.6. The first-order valence-corrected chi connectivity index (χ1v) is 13.5. The van der Waals surface area contributed by atoms with Gasteiger partial charge in [-0.1, -0.05) is 38.0 Å². The van der Waals surface area contributed by atoms with Crippen molar-refractivity contribution in [1.82, 2.24) is 9.80 Å². The zero-order chi connectivity index (χ0) is 27.2. The van der Waals surface area contributed by atoms with Crippen molar-refractivity contribution in [2.45, 2.75) is 58.9 Å². The molecule has 2 aromatic rings. The number of hydrogen-bond acceptors (Lipinski definition) is 6. The van der Waals surface area contributed by atoms with Crippen molar-refractivity contribution in [2.75, 3.05) is 58.0 Å². The molecule has 2 aromatic carbocycles. The standard InChI is InChI=1S/C15H24N2O2.C15H22N2O/c1-4-5-10-16-14-8-6-13(7-9-14)15(18)19-12-11-17(2)3;1-11-7-6-8-12(2)14(11)16-15(18)13-9-4-5-10-17(13)3/h6-9,16H,4-5,10-12H2,1-3H3;6-8,13H,4-5,9-10H2,1-3H3,(H,16,18). The highest BCUT2D eigenvalue weighted by Gasteiger charge is 2.26. The summed E-state index contributed by atoms with van der Waals surface area (Å²) in [7, 11) is 5.93. The lowest BCUT2D eigenvalue weighted by Gasteiger charge is -2.31. The van der Waals surface area contributed by atoms with Gasteiger partial charge in [0.2, 0.25) is 5.91 Å². The molecule has 0 saturated carbocycles. The van der Waals surface area contributed by atoms with E-state index < -0.39 is 0 Å². The van der Waals surface area contributed by atoms with E-state index in [0.29, 0.717) is 12.2 Å². The normalized spacial score (nSPS) is 15.5. The summed E-state index contributed by atoms with van der Waals surface area (Å²) in [6.45, 7) is 9.37. The van der Waals surface area contributed by atoms with Crippen molar-refractivity contribution in [2.24, 2.45) is 0 Å². The van der Waals surface area contributed by atoms with Gasteiger partial charge in [-0.2, -0.15) is 0 Å². The molecule has 0 aliphatic carbocycles. The molecule has 37 heavy (non-hydrogen) atoms. The smallest absolute Gasteiger partial charge is 0.338 e. The van der Waals surface area contributed by atoms with Crippen LogP contribution in [0, 0.1) is 13.8 Å². The van der Waals surface area contributed by atoms with Crippen LogP contribution in [-0.2, 0) is 9.53 Å². The van der Waals surface area contributed by atoms with Crippen molar-refractivity contribution < 1.29 is 14.3 Å². The van der Waals surface area contributed by atoms with Crippen LogP contribution >= 0.6 is 0 Å². The number of benzene rings is 2. The molecule has 1 atom stereocenters. The number of ether oxygens (including phenoxy) is 1. The highest BCUT2D eigenvalue weighted by molar-refractivity contribution is 5.96. The molecule has 0 aromatic heterocycles. The molecule has 0 radical (unpaired) electrons. The molecule has 3 rings (SSSR count). The number of likely N-dealkylation sites (N-methyl/N-ethyl adjacent to an activating group) is 2. The zero-order valence-electron chi connectivity index (χ0n) is 23.6. The summed E-state index contributed by atoms with van der Waals surface area (Å²) in [5.74, 6) is -0.128. The Morgan fingerprint density at radius 1 is 1.05 bits per heavy atom. The summed E-state index contributed by atoms with van der Waals surface area (Å²) in [6, 6.07) is 13.5. The number of rotatable bonds is 10. The molecule has 1 aliphatic rings. The molecule has 0 bridgehead atoms. The van der Waals surface area contributed by atoms with Gasteiger partial charge in [0, 0.05) is 24.5 Å². The Hall–Kier alpha value is -2.90. The number of para-hydroxylation sites is 1. The molecule has 1 heterocycles. The number of piperidine rings is 1. The van der Waals surface area contributed by atoms with E-state index in [0.717, 1.165) is 61.4 Å². The van der Waals surface area contributed by atoms with E-state index >= 15 is 0 Å². The first kappa shape index (κ1) is 30.3. The molecule has 0 spiro atoms. The Morgan fingerprint density at radius 3 is 2.32 bits per heavy atom. The van der Waals surface area contributed by atoms with Crippen molar-refractivity contribution >= 4 is 23.3 Å². The van der Waals surface area contributed by atoms with Gasteiger partial charge in [0.05, 0.1) is 11.6 Å². The van der Waals surface area contributed by atoms with Gasteiger partial charge in [-0.05, 0) is 96.2 Å². The number of nitrogens with zero attached hydrogens (tertiary/aromatic N) is 2. The average molecular weight is 511 g/mol. The molecule has 1 amide bonds. The summed E-state index contributed by atoms with van der Waals surface area (Å²) >= 11 is 0. The minimum absolute atomic E-state index is 0.0257. The summed E-state index contributed by atoms with van der Waals surface area (Å²) in [4.78, 5) is 28.2. The average Bonchev–Trinajstić information content (AvgIpc) is 2.87. The van der Waals surface area contributed by atoms with Gasteiger partial charge in [0.1, 0.15) is 6.61 Å². The molecule has 1 fully saturated rings. The van der Waals surface area contributed by atoms with E-state index in [1.165, 1.54) is 12.8 Å². The van der Waals surface area contributed by atoms with Crippen molar-refractivity contribution in [3.8, 4) is 0 Å². The van der Waals surface area contributed by atoms with Crippen molar-refractivity contribution in [3.05, 3.63) is 59.2 Å². The number of amides is 1. The Labute approximate surface area is 223 Å². The van der Waals surface area contributed by atoms with E-state index in [1.54, 1.807) is 12.1 Å². The van der Waals surface area contributed by atoms with Gasteiger partial charge in [0.15, 0.2) is 0 Å². The molecule has 204 valence electrons. The van der Waals surface area contributed by atoms with Crippen LogP contribution in [0.3, 0.4) is 0 Å². The minimum atomic E-state index is -0.262. The predicted molar refractivity (Wildman–Crippen MR) is 153 cm³/mol. The highest BCUT2D eigenvalue weighted by Crippen LogP contribution is 2.22. The second-order valence-electron chi connectivity index (χ2n) is 10.0. The maximum Gasteiger partial charge on any atom is 0.338 e. The van der Waals surface area contributed by atoms with Gasteiger partial charge in [0.25, 0.3) is 0 Å². The number of anilines is 2. The summed E-state index contributed by atoms with van der Waals surface area (Å²) in [5.41, 5.74) is 4.86. The topological polar surface area (TPSA) is 73.9 Å². The SMILES string of the molecule is CCCCNc1ccc(C(=O)OCCN(C)C)cc1.Cc1cccc(C)c1NC(=O)C1CCCCN1C. The molecule has 1 saturated heterocycles. The molecule has 1 aliphatic heterocycles. The number of aryl methyl sites for hydroxylation is 2. The third kappa shape index (κ3) is 10.5. The molecule has 7 nitrogen and oxygen atoms in total. The number of hydrogen-bond donors (Lipinski definition) is 2. The summed E-state index contributed by atoms with van der Waals surface area (Å²) in [6.07, 6.45) is 5.63. The van der Waals surface area contributed by atoms with Crippen LogP contribution in [0.25, 0.3) is 0 Å². The first-order chi connectivity index (χ1) is 17.7. The Bertz CT molecular complexity index is 955. The van der Waals surface area contributed by atoms with Crippen LogP contribution in [0.4, 0.5) is 11.4 Å². The van der Waals surface area contributed by atoms with Crippen LogP contribution < -0.4 is 10.6 Å². The highest BCUT2D eigenvalue weighted by atomic mass is 16.5. The Kier molecular flexibility index (Phi) is 13.2. The maximum atomic E-state index is 12.3. The quantitative estimate of drug-likeness (QED) is 0.332. The van der Waals surface area contributed by atoms with E-state index in [-0.39, 0.29) is 17.9 Å². The number of carbonyl (C=O) groups is 2. The van der Waals surface area contributed by atoms with Crippen LogP contribution in [0.1, 0.15) is 60.5 Å². The van der Waals surface area contributed by atoms with Crippen LogP contribution in [-0.4, -0.2) is 75.1 Å². The maximum absolute atomic E-state index is 12.3. The Morgan fingerprint density at radius 2 is 1.73 bits per heavy atom. The fraction of sp³-hybridized carbons (Fsp3) is 0.533. The molecular formula is C30H46N4O3. The third-order valence-electron chi connectivity index (χ3n) is 6.55. The van der Waals surface area contributed by atoms with Crippen LogP contribution in [0.2, 0.25) is 0 Å². The van der Waals surface area contributed by atoms with E-state index in [4.69, 9.17) is 4.74 Å². The van der Waals surface area contributed by atoms with Crippen LogP contribution in [0.15, 0.2) is 42.5 Å². The largest absolute Gasteiger partial charge is 0.461 e. The van der Waals surface area contributed by atoms with Gasteiger partial charge in [-0.15, -0.1) is 0 Å². The monoisotopic (exact) mass is 510 g/mol. The predicted octanol–water partition coefficient (Wildman–Crippen LogP) is 5.34. The molecular weight excluding hydrogens is 464 g/mol. The number of likely N-dealkylation sites (tertiary alicyclic amines) is 1. The molecule has 7 heteroatoms. The summed E-state index contributed by atoms with van der Waals surface area (Å²) < 4.78 is 5.18. The molecule has 2 N–H and O–H groups in total. The van der Waals surface area contributed by atoms with Crippen molar-refractivity contribution in [3.63, 3.8) is 0 Å². The number of esters is 1. The van der Waals surface area contributed by atoms with E-state index in [2.05, 4.69) is 22.5 Å². The lowest BCUT2D eigenvalue weighted by molar-refractivity contribution is -0.121. The minimum Gasteiger partial charge on any atom is -0.461 e. The van der Waals surface area contributed by atoms with E-state index in [1.807, 2.05) is 70.2 Å². The second-order valence-corrected chi connectivity index (χ2v) is 10.0. The number of carbonyl (C=O) groups excluding carboxylic acids is 2. The Balaban J connectivity index is 0.000000260. The van der Waals surface area contributed by atoms with Gasteiger partial charge >= 0.3 is 5.97 Å². The fourth-order valence-electron chi connectivity index (χ4n) is 4.16. The number of nitrogens with one attached hydrogen (secondary N) is 2. The van der Waals surface area contributed by atoms with Crippen molar-refractivity contribution in [1.29, 1.82) is 0 Å². The second kappa shape index (κ2) is 16.0. The van der Waals surface area contributed by atoms with Gasteiger partial charge < -0.3 is 20.3 Å². The van der Waals surface area contributed by atoms with E-state index in [9.17, 15) is 9.59 Å². The lowest BCUT2D eigenvalue weighted by Crippen LogP contribution is -2.44.